The zero-order valence-electron chi connectivity index (χ0n) is 49.6. The Labute approximate surface area is 466 Å². The Hall–Kier alpha value is -0.480. The molecule has 12 nitrogen and oxygen atoms in total. The molecule has 0 spiro atoms. The van der Waals surface area contributed by atoms with Gasteiger partial charge in [-0.05, 0) is 111 Å². The number of unbranched alkanes of at least 4 members (excludes halogenated alkanes) is 20. The molecule has 5 heterocycles. The van der Waals surface area contributed by atoms with Gasteiger partial charge in [-0.3, -0.25) is 42.5 Å². The molecule has 4 saturated carbocycles. The summed E-state index contributed by atoms with van der Waals surface area (Å²) in [5.41, 5.74) is 29.0. The second kappa shape index (κ2) is 30.2. The Morgan fingerprint density at radius 1 is 0.250 bits per heavy atom. The van der Waals surface area contributed by atoms with Crippen LogP contribution in [0.15, 0.2) is 0 Å². The highest BCUT2D eigenvalue weighted by atomic mass is 15.4. The molecule has 9 rings (SSSR count). The zero-order chi connectivity index (χ0) is 53.0. The Kier molecular flexibility index (Phi) is 23.9. The monoisotopic (exact) mass is 1060 g/mol. The van der Waals surface area contributed by atoms with Gasteiger partial charge in [0, 0.05) is 36.0 Å². The maximum atomic E-state index is 7.47. The summed E-state index contributed by atoms with van der Waals surface area (Å²) < 4.78 is 0. The van der Waals surface area contributed by atoms with E-state index >= 15 is 0 Å². The van der Waals surface area contributed by atoms with Crippen molar-refractivity contribution in [3.8, 4) is 0 Å². The second-order valence-corrected chi connectivity index (χ2v) is 27.9. The van der Waals surface area contributed by atoms with Crippen molar-refractivity contribution in [2.24, 2.45) is 93.9 Å². The summed E-state index contributed by atoms with van der Waals surface area (Å²) in [4.78, 5) is 0. The molecule has 5 saturated heterocycles. The lowest BCUT2D eigenvalue weighted by molar-refractivity contribution is -0.0438. The summed E-state index contributed by atoms with van der Waals surface area (Å²) in [7, 11) is 0. The number of nitrogens with one attached hydrogen (secondary N) is 8. The smallest absolute Gasteiger partial charge is 0.0644 e. The quantitative estimate of drug-likeness (QED) is 0.0332. The molecule has 8 bridgehead atoms. The highest BCUT2D eigenvalue weighted by molar-refractivity contribution is 5.17. The van der Waals surface area contributed by atoms with E-state index in [4.69, 9.17) is 22.9 Å². The Balaban J connectivity index is 1.12. The zero-order valence-corrected chi connectivity index (χ0v) is 49.6. The lowest BCUT2D eigenvalue weighted by Gasteiger charge is -2.53. The van der Waals surface area contributed by atoms with Crippen LogP contribution >= 0.6 is 0 Å². The van der Waals surface area contributed by atoms with E-state index in [2.05, 4.69) is 70.2 Å². The summed E-state index contributed by atoms with van der Waals surface area (Å²) >= 11 is 0. The number of hydrogen-bond donors (Lipinski definition) is 12. The summed E-state index contributed by atoms with van der Waals surface area (Å²) in [6, 6.07) is -1.19. The van der Waals surface area contributed by atoms with Crippen molar-refractivity contribution in [2.75, 3.05) is 0 Å². The first-order chi connectivity index (χ1) is 37.3. The van der Waals surface area contributed by atoms with Crippen LogP contribution in [0.25, 0.3) is 0 Å². The summed E-state index contributed by atoms with van der Waals surface area (Å²) in [6.07, 6.45) is 50.6. The van der Waals surface area contributed by atoms with E-state index in [0.29, 0.717) is 53.5 Å². The van der Waals surface area contributed by atoms with Crippen LogP contribution in [0.2, 0.25) is 0 Å². The largest absolute Gasteiger partial charge is 0.326 e. The van der Waals surface area contributed by atoms with Gasteiger partial charge in [0.05, 0.1) is 49.3 Å². The van der Waals surface area contributed by atoms with Gasteiger partial charge in [0.25, 0.3) is 0 Å². The molecule has 5 aliphatic heterocycles. The van der Waals surface area contributed by atoms with Crippen molar-refractivity contribution in [3.63, 3.8) is 0 Å². The van der Waals surface area contributed by atoms with Gasteiger partial charge in [-0.25, -0.2) is 0 Å². The number of nitrogens with two attached hydrogens (primary N) is 4. The SMILES string of the molecule is CCCCCCCCC1C(CCCCCCCC)C(CCCCCCCC)C2C3NC4NC(NC5NC(NC6NC(NC(N3)C2C1CCCCCCCC)C1CCCCC61)C1CCCCC51)C1C(N)C(N)C(N)C(N)C41. The van der Waals surface area contributed by atoms with Crippen LogP contribution in [0, 0.1) is 71.0 Å². The minimum absolute atomic E-state index is 0.0236. The fourth-order valence-electron chi connectivity index (χ4n) is 19.3. The summed E-state index contributed by atoms with van der Waals surface area (Å²) in [5.74, 6) is 6.57. The Morgan fingerprint density at radius 3 is 0.763 bits per heavy atom. The van der Waals surface area contributed by atoms with Crippen LogP contribution < -0.4 is 65.5 Å². The second-order valence-electron chi connectivity index (χ2n) is 27.9. The van der Waals surface area contributed by atoms with Crippen LogP contribution in [0.3, 0.4) is 0 Å². The first-order valence-corrected chi connectivity index (χ1v) is 34.4. The van der Waals surface area contributed by atoms with Crippen molar-refractivity contribution < 1.29 is 0 Å². The normalized spacial score (nSPS) is 43.9. The molecular weight excluding hydrogens is 937 g/mol. The van der Waals surface area contributed by atoms with Gasteiger partial charge in [0.15, 0.2) is 0 Å². The third kappa shape index (κ3) is 14.1. The maximum absolute atomic E-state index is 7.47. The highest BCUT2D eigenvalue weighted by Crippen LogP contribution is 2.57. The predicted octanol–water partition coefficient (Wildman–Crippen LogP) is 10.3. The van der Waals surface area contributed by atoms with E-state index in [0.717, 1.165) is 11.8 Å². The molecule has 9 fully saturated rings. The van der Waals surface area contributed by atoms with Crippen molar-refractivity contribution in [1.29, 1.82) is 0 Å². The van der Waals surface area contributed by atoms with Crippen LogP contribution in [0.5, 0.6) is 0 Å². The molecule has 440 valence electrons. The molecule has 76 heavy (non-hydrogen) atoms. The van der Waals surface area contributed by atoms with Crippen LogP contribution in [-0.4, -0.2) is 73.5 Å². The molecular formula is C64H124N12. The Bertz CT molecular complexity index is 1640. The predicted molar refractivity (Wildman–Crippen MR) is 318 cm³/mol. The fraction of sp³-hybridized carbons (Fsp3) is 1.00. The lowest BCUT2D eigenvalue weighted by Crippen LogP contribution is -2.72. The minimum atomic E-state index is -0.346. The topological polar surface area (TPSA) is 200 Å². The van der Waals surface area contributed by atoms with Gasteiger partial charge in [-0.1, -0.05) is 207 Å². The van der Waals surface area contributed by atoms with Gasteiger partial charge in [0.2, 0.25) is 0 Å². The molecule has 0 aromatic rings. The van der Waals surface area contributed by atoms with Gasteiger partial charge in [-0.15, -0.1) is 0 Å². The van der Waals surface area contributed by atoms with E-state index in [1.807, 2.05) is 0 Å². The Morgan fingerprint density at radius 2 is 0.474 bits per heavy atom. The third-order valence-electron chi connectivity index (χ3n) is 23.2. The molecule has 4 aliphatic carbocycles. The molecule has 24 atom stereocenters. The molecule has 0 aromatic carbocycles. The van der Waals surface area contributed by atoms with E-state index in [-0.39, 0.29) is 79.2 Å². The molecule has 0 amide bonds. The first-order valence-electron chi connectivity index (χ1n) is 34.4. The van der Waals surface area contributed by atoms with Gasteiger partial charge in [-0.2, -0.15) is 0 Å². The van der Waals surface area contributed by atoms with Gasteiger partial charge < -0.3 is 22.9 Å². The van der Waals surface area contributed by atoms with E-state index in [1.165, 1.54) is 231 Å². The van der Waals surface area contributed by atoms with Gasteiger partial charge >= 0.3 is 0 Å². The minimum Gasteiger partial charge on any atom is -0.326 e. The molecule has 12 heteroatoms. The molecule has 0 radical (unpaired) electrons. The van der Waals surface area contributed by atoms with Crippen molar-refractivity contribution in [3.05, 3.63) is 0 Å². The highest BCUT2D eigenvalue weighted by Gasteiger charge is 2.62. The fourth-order valence-corrected chi connectivity index (χ4v) is 19.3. The standard InChI is InChI=1S/C64H124N12/c1-5-9-13-17-21-25-33-41-42(34-26-22-18-14-10-6-2)44(36-28-24-20-16-12-8-4)50-49(43(41)35-27-23-19-15-11-7-3)61-72-59-47-39-31-29-37-45(47)57(70-59)69-58-46-38-30-32-40-48(46)60(71-58)73-63-51-52(64(76-63)75-62(50)74-61)54(66)56(68)55(67)53(51)65/h41-64,69-76H,5-40,65-68H2,1-4H3. The summed E-state index contributed by atoms with van der Waals surface area (Å²) in [5, 5.41) is 35.6. The van der Waals surface area contributed by atoms with Crippen LogP contribution in [-0.2, 0) is 0 Å². The van der Waals surface area contributed by atoms with Crippen LogP contribution in [0.4, 0.5) is 0 Å². The third-order valence-corrected chi connectivity index (χ3v) is 23.2. The number of rotatable bonds is 28. The number of fused-ring (bicyclic) bond motifs is 20. The van der Waals surface area contributed by atoms with Crippen molar-refractivity contribution >= 4 is 0 Å². The maximum Gasteiger partial charge on any atom is 0.0644 e. The summed E-state index contributed by atoms with van der Waals surface area (Å²) in [6.45, 7) is 9.48. The van der Waals surface area contributed by atoms with Crippen molar-refractivity contribution in [2.45, 2.75) is 332 Å². The number of hydrogen-bond acceptors (Lipinski definition) is 12. The van der Waals surface area contributed by atoms with Crippen LogP contribution in [0.1, 0.15) is 259 Å². The van der Waals surface area contributed by atoms with Crippen molar-refractivity contribution in [1.82, 2.24) is 42.5 Å². The lowest BCUT2D eigenvalue weighted by atomic mass is 9.53. The first kappa shape index (κ1) is 60.1. The molecule has 0 aromatic heterocycles. The molecule has 9 aliphatic rings. The van der Waals surface area contributed by atoms with E-state index < -0.39 is 0 Å². The van der Waals surface area contributed by atoms with E-state index in [1.54, 1.807) is 0 Å². The molecule has 24 unspecified atom stereocenters. The average Bonchev–Trinajstić information content (AvgIpc) is 4.25. The van der Waals surface area contributed by atoms with E-state index in [9.17, 15) is 0 Å². The molecule has 16 N–H and O–H groups in total. The average molecular weight is 1060 g/mol. The van der Waals surface area contributed by atoms with Gasteiger partial charge in [0.1, 0.15) is 0 Å².